The predicted molar refractivity (Wildman–Crippen MR) is 59.5 cm³/mol. The predicted octanol–water partition coefficient (Wildman–Crippen LogP) is 1.47. The van der Waals surface area contributed by atoms with E-state index in [1.165, 1.54) is 0 Å². The molecule has 3 nitrogen and oxygen atoms in total. The second-order valence-corrected chi connectivity index (χ2v) is 4.26. The van der Waals surface area contributed by atoms with Gasteiger partial charge in [0.1, 0.15) is 5.76 Å². The lowest BCUT2D eigenvalue weighted by atomic mass is 9.93. The molecule has 1 N–H and O–H groups in total. The monoisotopic (exact) mass is 209 g/mol. The van der Waals surface area contributed by atoms with Gasteiger partial charge in [0.25, 0.3) is 0 Å². The Labute approximate surface area is 91.1 Å². The summed E-state index contributed by atoms with van der Waals surface area (Å²) in [7, 11) is 1.71. The third-order valence-electron chi connectivity index (χ3n) is 3.01. The van der Waals surface area contributed by atoms with Crippen molar-refractivity contribution >= 4 is 0 Å². The van der Waals surface area contributed by atoms with E-state index in [2.05, 4.69) is 24.4 Å². The molecule has 1 aliphatic heterocycles. The van der Waals surface area contributed by atoms with Crippen molar-refractivity contribution in [3.05, 3.63) is 24.0 Å². The van der Waals surface area contributed by atoms with Crippen LogP contribution in [-0.4, -0.2) is 32.4 Å². The van der Waals surface area contributed by atoms with Crippen molar-refractivity contribution in [2.45, 2.75) is 25.5 Å². The van der Waals surface area contributed by atoms with Gasteiger partial charge in [-0.2, -0.15) is 0 Å². The summed E-state index contributed by atoms with van der Waals surface area (Å²) in [5, 5.41) is 3.44. The molecule has 0 spiro atoms. The molecule has 3 heteroatoms. The highest BCUT2D eigenvalue weighted by Gasteiger charge is 2.26. The van der Waals surface area contributed by atoms with Crippen LogP contribution in [0.2, 0.25) is 0 Å². The van der Waals surface area contributed by atoms with E-state index in [0.29, 0.717) is 12.0 Å². The first kappa shape index (κ1) is 10.7. The molecule has 2 rings (SSSR count). The van der Waals surface area contributed by atoms with Gasteiger partial charge in [0.05, 0.1) is 19.8 Å². The highest BCUT2D eigenvalue weighted by molar-refractivity contribution is 5.19. The second kappa shape index (κ2) is 4.81. The van der Waals surface area contributed by atoms with Gasteiger partial charge in [0.15, 0.2) is 0 Å². The fraction of sp³-hybridized carbons (Fsp3) is 0.667. The van der Waals surface area contributed by atoms with E-state index in [-0.39, 0.29) is 6.10 Å². The first-order chi connectivity index (χ1) is 7.29. The highest BCUT2D eigenvalue weighted by Crippen LogP contribution is 2.23. The summed E-state index contributed by atoms with van der Waals surface area (Å²) in [5.41, 5.74) is 0. The quantitative estimate of drug-likeness (QED) is 0.747. The van der Waals surface area contributed by atoms with Crippen molar-refractivity contribution in [3.8, 4) is 0 Å². The molecule has 0 aromatic carbocycles. The standard InChI is InChI=1S/C12H19NO2/c1-9-8-15-12(7-13-9)10-4-3-5-11(6-10)14-2/h3,5-6,9-10,12-13H,4,7-8H2,1-2H3/t9-,10?,12+/m0/s1. The van der Waals surface area contributed by atoms with Crippen LogP contribution in [0.25, 0.3) is 0 Å². The number of nitrogens with one attached hydrogen (secondary N) is 1. The molecule has 0 saturated carbocycles. The number of allylic oxidation sites excluding steroid dienone is 2. The topological polar surface area (TPSA) is 30.5 Å². The van der Waals surface area contributed by atoms with Crippen LogP contribution < -0.4 is 5.32 Å². The van der Waals surface area contributed by atoms with Crippen LogP contribution in [0, 0.1) is 5.92 Å². The summed E-state index contributed by atoms with van der Waals surface area (Å²) < 4.78 is 11.1. The van der Waals surface area contributed by atoms with Gasteiger partial charge in [0.2, 0.25) is 0 Å². The van der Waals surface area contributed by atoms with E-state index < -0.39 is 0 Å². The first-order valence-electron chi connectivity index (χ1n) is 5.57. The smallest absolute Gasteiger partial charge is 0.114 e. The molecule has 15 heavy (non-hydrogen) atoms. The molecule has 0 aromatic rings. The summed E-state index contributed by atoms with van der Waals surface area (Å²) in [5.74, 6) is 1.40. The Balaban J connectivity index is 1.94. The lowest BCUT2D eigenvalue weighted by Crippen LogP contribution is -2.47. The SMILES string of the molecule is COC1=CC([C@H]2CN[C@@H](C)CO2)CC=C1. The molecular formula is C12H19NO2. The number of ether oxygens (including phenoxy) is 2. The van der Waals surface area contributed by atoms with Crippen molar-refractivity contribution in [2.75, 3.05) is 20.3 Å². The van der Waals surface area contributed by atoms with E-state index >= 15 is 0 Å². The van der Waals surface area contributed by atoms with Gasteiger partial charge < -0.3 is 14.8 Å². The van der Waals surface area contributed by atoms with Crippen molar-refractivity contribution in [1.29, 1.82) is 0 Å². The molecule has 1 aliphatic carbocycles. The molecule has 1 fully saturated rings. The fourth-order valence-corrected chi connectivity index (χ4v) is 2.05. The number of rotatable bonds is 2. The van der Waals surface area contributed by atoms with E-state index in [0.717, 1.165) is 25.3 Å². The van der Waals surface area contributed by atoms with E-state index in [9.17, 15) is 0 Å². The summed E-state index contributed by atoms with van der Waals surface area (Å²) in [6.07, 6.45) is 7.69. The van der Waals surface area contributed by atoms with E-state index in [1.807, 2.05) is 6.08 Å². The van der Waals surface area contributed by atoms with Gasteiger partial charge in [0, 0.05) is 18.5 Å². The Morgan fingerprint density at radius 3 is 3.07 bits per heavy atom. The average molecular weight is 209 g/mol. The summed E-state index contributed by atoms with van der Waals surface area (Å²) >= 11 is 0. The molecule has 0 aromatic heterocycles. The normalized spacial score (nSPS) is 36.1. The molecule has 3 atom stereocenters. The molecule has 1 heterocycles. The molecular weight excluding hydrogens is 190 g/mol. The molecule has 0 radical (unpaired) electrons. The van der Waals surface area contributed by atoms with E-state index in [1.54, 1.807) is 7.11 Å². The van der Waals surface area contributed by atoms with Gasteiger partial charge in [-0.1, -0.05) is 6.08 Å². The van der Waals surface area contributed by atoms with Crippen LogP contribution in [0.4, 0.5) is 0 Å². The fourth-order valence-electron chi connectivity index (χ4n) is 2.05. The zero-order valence-electron chi connectivity index (χ0n) is 9.40. The minimum atomic E-state index is 0.288. The maximum Gasteiger partial charge on any atom is 0.114 e. The molecule has 1 unspecified atom stereocenters. The molecule has 84 valence electrons. The molecule has 0 amide bonds. The van der Waals surface area contributed by atoms with Gasteiger partial charge >= 0.3 is 0 Å². The molecule has 1 saturated heterocycles. The minimum absolute atomic E-state index is 0.288. The van der Waals surface area contributed by atoms with Crippen LogP contribution in [0.15, 0.2) is 24.0 Å². The number of hydrogen-bond donors (Lipinski definition) is 1. The Bertz CT molecular complexity index is 265. The number of hydrogen-bond acceptors (Lipinski definition) is 3. The van der Waals surface area contributed by atoms with Crippen molar-refractivity contribution in [1.82, 2.24) is 5.32 Å². The van der Waals surface area contributed by atoms with Crippen LogP contribution in [0.5, 0.6) is 0 Å². The van der Waals surface area contributed by atoms with Crippen LogP contribution in [0.3, 0.4) is 0 Å². The average Bonchev–Trinajstić information content (AvgIpc) is 2.30. The van der Waals surface area contributed by atoms with Gasteiger partial charge in [-0.25, -0.2) is 0 Å². The van der Waals surface area contributed by atoms with Crippen LogP contribution >= 0.6 is 0 Å². The van der Waals surface area contributed by atoms with Crippen molar-refractivity contribution in [2.24, 2.45) is 5.92 Å². The van der Waals surface area contributed by atoms with E-state index in [4.69, 9.17) is 9.47 Å². The minimum Gasteiger partial charge on any atom is -0.497 e. The Morgan fingerprint density at radius 1 is 1.53 bits per heavy atom. The summed E-state index contributed by atoms with van der Waals surface area (Å²) in [6, 6.07) is 0.478. The number of morpholine rings is 1. The van der Waals surface area contributed by atoms with Crippen LogP contribution in [-0.2, 0) is 9.47 Å². The van der Waals surface area contributed by atoms with Gasteiger partial charge in [-0.05, 0) is 25.5 Å². The molecule has 0 bridgehead atoms. The molecule has 2 aliphatic rings. The Kier molecular flexibility index (Phi) is 3.44. The first-order valence-corrected chi connectivity index (χ1v) is 5.57. The maximum absolute atomic E-state index is 5.83. The largest absolute Gasteiger partial charge is 0.497 e. The van der Waals surface area contributed by atoms with Crippen LogP contribution in [0.1, 0.15) is 13.3 Å². The zero-order chi connectivity index (χ0) is 10.7. The summed E-state index contributed by atoms with van der Waals surface area (Å²) in [6.45, 7) is 3.89. The lowest BCUT2D eigenvalue weighted by molar-refractivity contribution is -0.0153. The summed E-state index contributed by atoms with van der Waals surface area (Å²) in [4.78, 5) is 0. The zero-order valence-corrected chi connectivity index (χ0v) is 9.40. The number of methoxy groups -OCH3 is 1. The highest BCUT2D eigenvalue weighted by atomic mass is 16.5. The maximum atomic E-state index is 5.83. The van der Waals surface area contributed by atoms with Crippen molar-refractivity contribution in [3.63, 3.8) is 0 Å². The van der Waals surface area contributed by atoms with Gasteiger partial charge in [-0.3, -0.25) is 0 Å². The Morgan fingerprint density at radius 2 is 2.40 bits per heavy atom. The third kappa shape index (κ3) is 2.61. The second-order valence-electron chi connectivity index (χ2n) is 4.26. The van der Waals surface area contributed by atoms with Gasteiger partial charge in [-0.15, -0.1) is 0 Å². The lowest BCUT2D eigenvalue weighted by Gasteiger charge is -2.33. The van der Waals surface area contributed by atoms with Crippen molar-refractivity contribution < 1.29 is 9.47 Å². The third-order valence-corrected chi connectivity index (χ3v) is 3.01. The Hall–Kier alpha value is -0.800.